The molecule has 0 saturated heterocycles. The zero-order valence-corrected chi connectivity index (χ0v) is 17.4. The van der Waals surface area contributed by atoms with E-state index < -0.39 is 8.80 Å². The molecule has 26 heavy (non-hydrogen) atoms. The lowest BCUT2D eigenvalue weighted by atomic mass is 10.0. The van der Waals surface area contributed by atoms with Crippen molar-refractivity contribution < 1.29 is 0 Å². The number of hydrogen-bond acceptors (Lipinski definition) is 1. The molecule has 134 valence electrons. The number of nitrogens with one attached hydrogen (secondary N) is 1. The topological polar surface area (TPSA) is 12.0 Å². The fourth-order valence-corrected chi connectivity index (χ4v) is 10.3. The minimum Gasteiger partial charge on any atom is -0.303 e. The molecule has 0 unspecified atom stereocenters. The van der Waals surface area contributed by atoms with Gasteiger partial charge < -0.3 is 5.32 Å². The Morgan fingerprint density at radius 3 is 1.50 bits per heavy atom. The van der Waals surface area contributed by atoms with Crippen LogP contribution in [-0.4, -0.2) is 20.0 Å². The van der Waals surface area contributed by atoms with Crippen molar-refractivity contribution in [3.05, 3.63) is 85.0 Å². The smallest absolute Gasteiger partial charge is 0.125 e. The monoisotopic (exact) mass is 359 g/mol. The average molecular weight is 360 g/mol. The summed E-state index contributed by atoms with van der Waals surface area (Å²) in [4.78, 5) is 0. The third-order valence-corrected chi connectivity index (χ3v) is 11.9. The summed E-state index contributed by atoms with van der Waals surface area (Å²) in [6.07, 6.45) is 8.89. The van der Waals surface area contributed by atoms with Crippen LogP contribution < -0.4 is 15.7 Å². The molecule has 0 amide bonds. The Morgan fingerprint density at radius 1 is 0.692 bits per heavy atom. The summed E-state index contributed by atoms with van der Waals surface area (Å²) in [6, 6.07) is 22.8. The van der Waals surface area contributed by atoms with E-state index in [2.05, 4.69) is 118 Å². The van der Waals surface area contributed by atoms with Gasteiger partial charge in [0.2, 0.25) is 0 Å². The van der Waals surface area contributed by atoms with Crippen molar-refractivity contribution >= 4 is 19.2 Å². The van der Waals surface area contributed by atoms with E-state index in [9.17, 15) is 0 Å². The van der Waals surface area contributed by atoms with Gasteiger partial charge in [-0.2, -0.15) is 0 Å². The first kappa shape index (κ1) is 17.5. The molecule has 1 nitrogen and oxygen atoms in total. The molecule has 4 rings (SSSR count). The molecule has 0 atom stereocenters. The lowest BCUT2D eigenvalue weighted by Crippen LogP contribution is -2.64. The zero-order valence-electron chi connectivity index (χ0n) is 16.2. The maximum absolute atomic E-state index is 4.13. The minimum atomic E-state index is -1.53. The van der Waals surface area contributed by atoms with Crippen molar-refractivity contribution in [1.82, 2.24) is 5.32 Å². The van der Waals surface area contributed by atoms with Crippen LogP contribution in [0.3, 0.4) is 0 Å². The van der Waals surface area contributed by atoms with E-state index >= 15 is 0 Å². The Balaban J connectivity index is 1.89. The summed E-state index contributed by atoms with van der Waals surface area (Å²) in [7, 11) is -1.53. The van der Waals surface area contributed by atoms with E-state index in [4.69, 9.17) is 0 Å². The van der Waals surface area contributed by atoms with Gasteiger partial charge in [0.25, 0.3) is 0 Å². The van der Waals surface area contributed by atoms with Gasteiger partial charge in [0.05, 0.1) is 0 Å². The van der Waals surface area contributed by atoms with Gasteiger partial charge in [-0.3, -0.25) is 0 Å². The highest BCUT2D eigenvalue weighted by atomic mass is 28.3. The van der Waals surface area contributed by atoms with E-state index in [1.807, 2.05) is 0 Å². The molecule has 0 aromatic heterocycles. The van der Waals surface area contributed by atoms with Crippen molar-refractivity contribution in [3.8, 4) is 0 Å². The Labute approximate surface area is 159 Å². The van der Waals surface area contributed by atoms with Crippen LogP contribution in [-0.2, 0) is 0 Å². The molecule has 0 aliphatic heterocycles. The van der Waals surface area contributed by atoms with Crippen molar-refractivity contribution in [2.45, 2.75) is 38.9 Å². The van der Waals surface area contributed by atoms with Crippen LogP contribution in [0.1, 0.15) is 27.7 Å². The molecule has 0 bridgehead atoms. The van der Waals surface area contributed by atoms with Gasteiger partial charge in [-0.1, -0.05) is 123 Å². The van der Waals surface area contributed by atoms with Gasteiger partial charge in [-0.15, -0.1) is 0 Å². The van der Waals surface area contributed by atoms with Gasteiger partial charge in [-0.05, 0) is 10.8 Å². The molecule has 1 N–H and O–H groups in total. The average Bonchev–Trinajstić information content (AvgIpc) is 3.01. The molecule has 1 fully saturated rings. The summed E-state index contributed by atoms with van der Waals surface area (Å²) in [5.41, 5.74) is 0.458. The summed E-state index contributed by atoms with van der Waals surface area (Å²) in [6.45, 7) is 9.81. The van der Waals surface area contributed by atoms with Crippen molar-refractivity contribution in [1.29, 1.82) is 0 Å². The highest BCUT2D eigenvalue weighted by Crippen LogP contribution is 2.72. The third kappa shape index (κ3) is 2.32. The first-order valence-corrected chi connectivity index (χ1v) is 11.4. The largest absolute Gasteiger partial charge is 0.303 e. The number of rotatable bonds is 5. The molecule has 0 heterocycles. The molecule has 1 saturated carbocycles. The molecule has 2 aromatic carbocycles. The molecular weight excluding hydrogens is 330 g/mol. The Hall–Kier alpha value is -1.90. The second-order valence-electron chi connectivity index (χ2n) is 8.75. The predicted molar refractivity (Wildman–Crippen MR) is 115 cm³/mol. The van der Waals surface area contributed by atoms with E-state index in [0.717, 1.165) is 0 Å². The van der Waals surface area contributed by atoms with Gasteiger partial charge in [0.1, 0.15) is 8.80 Å². The summed E-state index contributed by atoms with van der Waals surface area (Å²) in [5.74, 6) is 0. The fraction of sp³-hybridized carbons (Fsp3) is 0.333. The van der Waals surface area contributed by atoms with Crippen LogP contribution in [0.5, 0.6) is 0 Å². The van der Waals surface area contributed by atoms with Crippen molar-refractivity contribution in [3.63, 3.8) is 0 Å². The summed E-state index contributed by atoms with van der Waals surface area (Å²) in [5, 5.41) is 7.30. The summed E-state index contributed by atoms with van der Waals surface area (Å²) >= 11 is 0. The predicted octanol–water partition coefficient (Wildman–Crippen LogP) is 3.46. The summed E-state index contributed by atoms with van der Waals surface area (Å²) < 4.78 is 0. The van der Waals surface area contributed by atoms with Gasteiger partial charge >= 0.3 is 0 Å². The second kappa shape index (κ2) is 6.07. The van der Waals surface area contributed by atoms with Crippen LogP contribution in [0, 0.1) is 10.8 Å². The van der Waals surface area contributed by atoms with Crippen LogP contribution >= 0.6 is 0 Å². The van der Waals surface area contributed by atoms with Crippen LogP contribution in [0.4, 0.5) is 0 Å². The van der Waals surface area contributed by atoms with Gasteiger partial charge in [0, 0.05) is 11.2 Å². The second-order valence-corrected chi connectivity index (χ2v) is 11.8. The highest BCUT2D eigenvalue weighted by Gasteiger charge is 2.80. The fourth-order valence-electron chi connectivity index (χ4n) is 5.30. The van der Waals surface area contributed by atoms with Crippen LogP contribution in [0.15, 0.2) is 85.0 Å². The van der Waals surface area contributed by atoms with Crippen LogP contribution in [0.25, 0.3) is 0 Å². The van der Waals surface area contributed by atoms with E-state index in [1.54, 1.807) is 0 Å². The normalized spacial score (nSPS) is 22.0. The van der Waals surface area contributed by atoms with E-state index in [0.29, 0.717) is 6.04 Å². The maximum Gasteiger partial charge on any atom is 0.125 e. The SMILES string of the molecule is CC1(C)C(C)(C)C1(NC1C=CC=C1)[SiH](c1ccccc1)c1ccccc1. The molecule has 2 aliphatic rings. The number of benzene rings is 2. The van der Waals surface area contributed by atoms with Crippen molar-refractivity contribution in [2.24, 2.45) is 10.8 Å². The molecular formula is C24H29NSi. The first-order chi connectivity index (χ1) is 12.4. The van der Waals surface area contributed by atoms with E-state index in [-0.39, 0.29) is 16.0 Å². The Bertz CT molecular complexity index is 768. The Morgan fingerprint density at radius 2 is 1.12 bits per heavy atom. The Kier molecular flexibility index (Phi) is 4.09. The quantitative estimate of drug-likeness (QED) is 0.806. The van der Waals surface area contributed by atoms with Crippen LogP contribution in [0.2, 0.25) is 0 Å². The van der Waals surface area contributed by atoms with Gasteiger partial charge in [-0.25, -0.2) is 0 Å². The maximum atomic E-state index is 4.13. The zero-order chi connectivity index (χ0) is 18.4. The highest BCUT2D eigenvalue weighted by molar-refractivity contribution is 6.88. The lowest BCUT2D eigenvalue weighted by Gasteiger charge is -2.35. The first-order valence-electron chi connectivity index (χ1n) is 9.64. The lowest BCUT2D eigenvalue weighted by molar-refractivity contribution is 0.457. The minimum absolute atomic E-state index is 0.117. The van der Waals surface area contributed by atoms with E-state index in [1.165, 1.54) is 10.4 Å². The molecule has 0 spiro atoms. The standard InChI is InChI=1S/C24H29NSi/c1-22(2)23(3,4)24(22,25-19-13-11-12-14-19)26(20-15-7-5-8-16-20)21-17-9-6-10-18-21/h5-19,25-26H,1-4H3. The third-order valence-electron chi connectivity index (χ3n) is 7.31. The molecule has 2 aliphatic carbocycles. The number of allylic oxidation sites excluding steroid dienone is 2. The van der Waals surface area contributed by atoms with Crippen molar-refractivity contribution in [2.75, 3.05) is 0 Å². The number of hydrogen-bond donors (Lipinski definition) is 1. The molecule has 2 aromatic rings. The molecule has 2 heteroatoms. The van der Waals surface area contributed by atoms with Gasteiger partial charge in [0.15, 0.2) is 0 Å². The molecule has 0 radical (unpaired) electrons.